The van der Waals surface area contributed by atoms with E-state index in [0.717, 1.165) is 11.8 Å². The monoisotopic (exact) mass is 392 g/mol. The quantitative estimate of drug-likeness (QED) is 0.402. The van der Waals surface area contributed by atoms with Gasteiger partial charge in [-0.25, -0.2) is 8.42 Å². The summed E-state index contributed by atoms with van der Waals surface area (Å²) >= 11 is 0. The smallest absolute Gasteiger partial charge is 0.270 e. The lowest BCUT2D eigenvalue weighted by Gasteiger charge is -2.14. The highest BCUT2D eigenvalue weighted by Crippen LogP contribution is 2.31. The van der Waals surface area contributed by atoms with Crippen LogP contribution in [0.5, 0.6) is 5.75 Å². The van der Waals surface area contributed by atoms with Crippen molar-refractivity contribution in [3.8, 4) is 5.75 Å². The molecule has 0 amide bonds. The number of ether oxygens (including phenoxy) is 1. The first-order valence-electron chi connectivity index (χ1n) is 8.02. The van der Waals surface area contributed by atoms with Crippen molar-refractivity contribution in [3.05, 3.63) is 52.6 Å². The number of para-hydroxylation sites is 2. The van der Waals surface area contributed by atoms with E-state index in [9.17, 15) is 18.5 Å². The van der Waals surface area contributed by atoms with Crippen LogP contribution in [0.2, 0.25) is 0 Å². The minimum atomic E-state index is -4.15. The molecule has 2 rings (SSSR count). The molecule has 0 fully saturated rings. The van der Waals surface area contributed by atoms with Gasteiger partial charge in [0.25, 0.3) is 15.7 Å². The van der Waals surface area contributed by atoms with Gasteiger partial charge in [-0.3, -0.25) is 20.3 Å². The third-order valence-corrected chi connectivity index (χ3v) is 5.10. The number of hydrogen-bond donors (Lipinski definition) is 2. The average molecular weight is 392 g/mol. The molecular formula is C17H20N4O5S. The average Bonchev–Trinajstić information content (AvgIpc) is 2.65. The van der Waals surface area contributed by atoms with Crippen LogP contribution in [-0.4, -0.2) is 26.2 Å². The van der Waals surface area contributed by atoms with Gasteiger partial charge in [0.05, 0.1) is 23.4 Å². The van der Waals surface area contributed by atoms with Crippen LogP contribution < -0.4 is 14.9 Å². The molecule has 2 aromatic rings. The summed E-state index contributed by atoms with van der Waals surface area (Å²) in [6.07, 6.45) is 0.668. The van der Waals surface area contributed by atoms with Crippen molar-refractivity contribution in [2.45, 2.75) is 25.2 Å². The molecule has 0 bridgehead atoms. The molecule has 0 saturated heterocycles. The molecular weight excluding hydrogens is 372 g/mol. The number of sulfonamides is 1. The molecule has 27 heavy (non-hydrogen) atoms. The molecule has 10 heteroatoms. The summed E-state index contributed by atoms with van der Waals surface area (Å²) in [5.41, 5.74) is 3.40. The lowest BCUT2D eigenvalue weighted by Crippen LogP contribution is -2.15. The van der Waals surface area contributed by atoms with Gasteiger partial charge in [-0.2, -0.15) is 5.10 Å². The van der Waals surface area contributed by atoms with E-state index in [1.807, 2.05) is 6.92 Å². The largest absolute Gasteiger partial charge is 0.495 e. The Morgan fingerprint density at radius 1 is 1.22 bits per heavy atom. The van der Waals surface area contributed by atoms with Crippen LogP contribution in [0.3, 0.4) is 0 Å². The van der Waals surface area contributed by atoms with E-state index < -0.39 is 14.9 Å². The maximum atomic E-state index is 12.9. The first-order valence-corrected chi connectivity index (χ1v) is 9.50. The molecule has 9 nitrogen and oxygen atoms in total. The van der Waals surface area contributed by atoms with Gasteiger partial charge in [-0.1, -0.05) is 19.1 Å². The van der Waals surface area contributed by atoms with Crippen LogP contribution in [0.15, 0.2) is 52.5 Å². The number of hydrogen-bond acceptors (Lipinski definition) is 7. The number of hydrazone groups is 1. The van der Waals surface area contributed by atoms with E-state index >= 15 is 0 Å². The summed E-state index contributed by atoms with van der Waals surface area (Å²) in [4.78, 5) is 10.1. The van der Waals surface area contributed by atoms with Crippen molar-refractivity contribution in [3.63, 3.8) is 0 Å². The number of methoxy groups -OCH3 is 1. The fourth-order valence-corrected chi connectivity index (χ4v) is 3.35. The molecule has 2 N–H and O–H groups in total. The zero-order chi connectivity index (χ0) is 20.0. The molecule has 0 heterocycles. The van der Waals surface area contributed by atoms with Crippen molar-refractivity contribution in [1.29, 1.82) is 0 Å². The Kier molecular flexibility index (Phi) is 6.35. The van der Waals surface area contributed by atoms with Crippen molar-refractivity contribution < 1.29 is 18.1 Å². The number of benzene rings is 2. The van der Waals surface area contributed by atoms with Gasteiger partial charge in [0, 0.05) is 17.8 Å². The Labute approximate surface area is 157 Å². The summed E-state index contributed by atoms with van der Waals surface area (Å²) in [6.45, 7) is 3.68. The van der Waals surface area contributed by atoms with Gasteiger partial charge in [-0.05, 0) is 31.5 Å². The second kappa shape index (κ2) is 8.49. The summed E-state index contributed by atoms with van der Waals surface area (Å²) < 4.78 is 33.3. The zero-order valence-corrected chi connectivity index (χ0v) is 15.9. The first kappa shape index (κ1) is 20.2. The van der Waals surface area contributed by atoms with Crippen LogP contribution in [0.1, 0.15) is 20.3 Å². The fraction of sp³-hybridized carbons (Fsp3) is 0.235. The molecule has 0 atom stereocenters. The second-order valence-electron chi connectivity index (χ2n) is 5.56. The lowest BCUT2D eigenvalue weighted by molar-refractivity contribution is -0.385. The molecule has 144 valence electrons. The summed E-state index contributed by atoms with van der Waals surface area (Å²) in [6, 6.07) is 9.96. The predicted molar refractivity (Wildman–Crippen MR) is 104 cm³/mol. The molecule has 0 aliphatic heterocycles. The lowest BCUT2D eigenvalue weighted by atomic mass is 10.3. The predicted octanol–water partition coefficient (Wildman–Crippen LogP) is 3.60. The van der Waals surface area contributed by atoms with Crippen molar-refractivity contribution >= 4 is 32.8 Å². The van der Waals surface area contributed by atoms with E-state index in [-0.39, 0.29) is 22.0 Å². The van der Waals surface area contributed by atoms with E-state index in [2.05, 4.69) is 15.2 Å². The number of non-ortho nitro benzene ring substituents is 1. The third kappa shape index (κ3) is 4.94. The highest BCUT2D eigenvalue weighted by molar-refractivity contribution is 7.93. The van der Waals surface area contributed by atoms with Gasteiger partial charge >= 0.3 is 0 Å². The Balaban J connectivity index is 2.51. The van der Waals surface area contributed by atoms with Crippen molar-refractivity contribution in [1.82, 2.24) is 0 Å². The molecule has 0 aliphatic carbocycles. The van der Waals surface area contributed by atoms with E-state index in [1.54, 1.807) is 25.1 Å². The number of anilines is 2. The van der Waals surface area contributed by atoms with Crippen LogP contribution >= 0.6 is 0 Å². The van der Waals surface area contributed by atoms with E-state index in [4.69, 9.17) is 4.74 Å². The number of nitro benzene ring substituents is 1. The Hall–Kier alpha value is -3.14. The van der Waals surface area contributed by atoms with Crippen molar-refractivity contribution in [2.75, 3.05) is 17.3 Å². The topological polar surface area (TPSA) is 123 Å². The highest BCUT2D eigenvalue weighted by Gasteiger charge is 2.23. The van der Waals surface area contributed by atoms with Gasteiger partial charge < -0.3 is 4.74 Å². The number of rotatable bonds is 8. The number of nitro groups is 1. The minimum absolute atomic E-state index is 0.121. The standard InChI is InChI=1S/C17H20N4O5S/c1-4-12(2)18-19-15-10-9-13(21(22)23)11-17(15)27(24,25)20-14-7-5-6-8-16(14)26-3/h5-11,19-20H,4H2,1-3H3/b18-12+. The van der Waals surface area contributed by atoms with E-state index in [1.165, 1.54) is 25.3 Å². The Morgan fingerprint density at radius 3 is 2.56 bits per heavy atom. The Bertz CT molecular complexity index is 973. The maximum absolute atomic E-state index is 12.9. The van der Waals surface area contributed by atoms with E-state index in [0.29, 0.717) is 12.2 Å². The maximum Gasteiger partial charge on any atom is 0.270 e. The van der Waals surface area contributed by atoms with Crippen LogP contribution in [0, 0.1) is 10.1 Å². The SMILES string of the molecule is CC/C(C)=N/Nc1ccc([N+](=O)[O-])cc1S(=O)(=O)Nc1ccccc1OC. The molecule has 2 aromatic carbocycles. The van der Waals surface area contributed by atoms with Crippen molar-refractivity contribution in [2.24, 2.45) is 5.10 Å². The molecule has 0 aromatic heterocycles. The molecule has 0 radical (unpaired) electrons. The molecule has 0 aliphatic rings. The van der Waals surface area contributed by atoms with Crippen LogP contribution in [0.4, 0.5) is 17.1 Å². The van der Waals surface area contributed by atoms with Gasteiger partial charge in [0.15, 0.2) is 0 Å². The first-order chi connectivity index (χ1) is 12.8. The van der Waals surface area contributed by atoms with Crippen LogP contribution in [-0.2, 0) is 10.0 Å². The normalized spacial score (nSPS) is 11.7. The Morgan fingerprint density at radius 2 is 1.93 bits per heavy atom. The van der Waals surface area contributed by atoms with Gasteiger partial charge in [-0.15, -0.1) is 0 Å². The molecule has 0 spiro atoms. The number of nitrogens with zero attached hydrogens (tertiary/aromatic N) is 2. The van der Waals surface area contributed by atoms with Gasteiger partial charge in [0.2, 0.25) is 0 Å². The van der Waals surface area contributed by atoms with Crippen LogP contribution in [0.25, 0.3) is 0 Å². The number of nitrogens with one attached hydrogen (secondary N) is 2. The molecule has 0 saturated carbocycles. The summed E-state index contributed by atoms with van der Waals surface area (Å²) in [5, 5.41) is 15.2. The molecule has 0 unspecified atom stereocenters. The fourth-order valence-electron chi connectivity index (χ4n) is 2.10. The summed E-state index contributed by atoms with van der Waals surface area (Å²) in [5.74, 6) is 0.320. The van der Waals surface area contributed by atoms with Gasteiger partial charge in [0.1, 0.15) is 10.6 Å². The zero-order valence-electron chi connectivity index (χ0n) is 15.1. The minimum Gasteiger partial charge on any atom is -0.495 e. The third-order valence-electron chi connectivity index (χ3n) is 3.70. The summed E-state index contributed by atoms with van der Waals surface area (Å²) in [7, 11) is -2.74. The second-order valence-corrected chi connectivity index (χ2v) is 7.21. The highest BCUT2D eigenvalue weighted by atomic mass is 32.2.